The highest BCUT2D eigenvalue weighted by atomic mass is 32.2. The third-order valence-electron chi connectivity index (χ3n) is 5.32. The van der Waals surface area contributed by atoms with Gasteiger partial charge in [0.2, 0.25) is 15.9 Å². The van der Waals surface area contributed by atoms with Gasteiger partial charge in [0.25, 0.3) is 0 Å². The first-order valence-corrected chi connectivity index (χ1v) is 10.9. The van der Waals surface area contributed by atoms with E-state index in [1.165, 1.54) is 28.6 Å². The number of phenolic OH excluding ortho intramolecular Hbond substituents is 1. The van der Waals surface area contributed by atoms with Gasteiger partial charge in [-0.1, -0.05) is 6.07 Å². The first-order valence-electron chi connectivity index (χ1n) is 9.44. The van der Waals surface area contributed by atoms with Gasteiger partial charge in [-0.25, -0.2) is 17.2 Å². The van der Waals surface area contributed by atoms with E-state index in [0.717, 1.165) is 12.1 Å². The first-order chi connectivity index (χ1) is 14.3. The fourth-order valence-electron chi connectivity index (χ4n) is 3.57. The Hall–Kier alpha value is -2.56. The van der Waals surface area contributed by atoms with Crippen LogP contribution in [0.2, 0.25) is 0 Å². The lowest BCUT2D eigenvalue weighted by atomic mass is 10.1. The van der Waals surface area contributed by atoms with Crippen molar-refractivity contribution in [2.75, 3.05) is 31.6 Å². The number of nitrogens with one attached hydrogen (secondary N) is 1. The predicted molar refractivity (Wildman–Crippen MR) is 104 cm³/mol. The highest BCUT2D eigenvalue weighted by molar-refractivity contribution is 7.89. The molecule has 7 nitrogen and oxygen atoms in total. The second kappa shape index (κ2) is 7.93. The molecule has 1 heterocycles. The number of hydrogen-bond donors (Lipinski definition) is 2. The van der Waals surface area contributed by atoms with E-state index in [4.69, 9.17) is 4.74 Å². The number of carbonyl (C=O) groups is 1. The number of sulfonamides is 1. The Kier molecular flexibility index (Phi) is 5.48. The summed E-state index contributed by atoms with van der Waals surface area (Å²) >= 11 is 0. The molecular formula is C20H20F2N2O5S. The number of phenols is 1. The zero-order chi connectivity index (χ0) is 21.5. The minimum absolute atomic E-state index is 0.0421. The molecule has 1 aliphatic carbocycles. The summed E-state index contributed by atoms with van der Waals surface area (Å²) in [6.45, 7) is 1.03. The normalized spacial score (nSPS) is 21.9. The van der Waals surface area contributed by atoms with Crippen LogP contribution in [0.5, 0.6) is 5.75 Å². The Balaban J connectivity index is 1.50. The standard InChI is InChI=1S/C20H20F2N2O5S/c21-12-1-3-14(17(22)9-12)15-11-16(15)20(26)23-18-10-13(2-4-19(18)25)30(27,28)24-5-7-29-8-6-24/h1-4,9-10,15-16,25H,5-8,11H2,(H,23,26)/t15-,16+/m0/s1. The number of morpholine rings is 1. The summed E-state index contributed by atoms with van der Waals surface area (Å²) in [5.74, 6) is -3.11. The maximum atomic E-state index is 13.9. The predicted octanol–water partition coefficient (Wildman–Crippen LogP) is 2.43. The van der Waals surface area contributed by atoms with Crippen molar-refractivity contribution < 1.29 is 31.8 Å². The lowest BCUT2D eigenvalue weighted by Gasteiger charge is -2.26. The second-order valence-corrected chi connectivity index (χ2v) is 9.24. The number of rotatable bonds is 5. The number of halogens is 2. The van der Waals surface area contributed by atoms with Crippen molar-refractivity contribution in [1.29, 1.82) is 0 Å². The van der Waals surface area contributed by atoms with Crippen molar-refractivity contribution in [3.8, 4) is 5.75 Å². The molecule has 1 aliphatic heterocycles. The van der Waals surface area contributed by atoms with Crippen molar-refractivity contribution in [2.24, 2.45) is 5.92 Å². The molecule has 4 rings (SSSR count). The molecule has 0 bridgehead atoms. The quantitative estimate of drug-likeness (QED) is 0.699. The lowest BCUT2D eigenvalue weighted by Crippen LogP contribution is -2.40. The van der Waals surface area contributed by atoms with Gasteiger partial charge in [0, 0.05) is 25.1 Å². The number of amides is 1. The zero-order valence-electron chi connectivity index (χ0n) is 15.8. The van der Waals surface area contributed by atoms with Crippen LogP contribution >= 0.6 is 0 Å². The molecule has 10 heteroatoms. The van der Waals surface area contributed by atoms with Crippen LogP contribution in [0, 0.1) is 17.6 Å². The fraction of sp³-hybridized carbons (Fsp3) is 0.350. The summed E-state index contributed by atoms with van der Waals surface area (Å²) in [5, 5.41) is 12.6. The molecule has 2 aromatic carbocycles. The van der Waals surface area contributed by atoms with Crippen LogP contribution in [0.1, 0.15) is 17.9 Å². The van der Waals surface area contributed by atoms with Gasteiger partial charge in [0.05, 0.1) is 23.8 Å². The van der Waals surface area contributed by atoms with Gasteiger partial charge in [0.1, 0.15) is 17.4 Å². The van der Waals surface area contributed by atoms with E-state index < -0.39 is 39.4 Å². The molecule has 2 aromatic rings. The Bertz CT molecular complexity index is 1090. The lowest BCUT2D eigenvalue weighted by molar-refractivity contribution is -0.117. The molecule has 2 fully saturated rings. The van der Waals surface area contributed by atoms with Gasteiger partial charge in [-0.15, -0.1) is 0 Å². The van der Waals surface area contributed by atoms with E-state index in [-0.39, 0.29) is 35.0 Å². The minimum Gasteiger partial charge on any atom is -0.506 e. The molecule has 1 amide bonds. The van der Waals surface area contributed by atoms with E-state index in [1.807, 2.05) is 0 Å². The first kappa shape index (κ1) is 20.7. The Morgan fingerprint density at radius 1 is 1.13 bits per heavy atom. The molecule has 1 saturated carbocycles. The van der Waals surface area contributed by atoms with E-state index in [9.17, 15) is 27.1 Å². The molecule has 160 valence electrons. The third kappa shape index (κ3) is 4.03. The minimum atomic E-state index is -3.80. The molecule has 0 radical (unpaired) electrons. The SMILES string of the molecule is O=C(Nc1cc(S(=O)(=O)N2CCOCC2)ccc1O)[C@@H]1C[C@H]1c1ccc(F)cc1F. The van der Waals surface area contributed by atoms with Crippen molar-refractivity contribution in [1.82, 2.24) is 4.31 Å². The molecule has 0 spiro atoms. The van der Waals surface area contributed by atoms with Crippen LogP contribution in [0.3, 0.4) is 0 Å². The number of anilines is 1. The van der Waals surface area contributed by atoms with E-state index in [2.05, 4.69) is 5.32 Å². The van der Waals surface area contributed by atoms with Gasteiger partial charge >= 0.3 is 0 Å². The zero-order valence-corrected chi connectivity index (χ0v) is 16.7. The van der Waals surface area contributed by atoms with Crippen LogP contribution in [-0.2, 0) is 19.6 Å². The Morgan fingerprint density at radius 3 is 2.57 bits per heavy atom. The second-order valence-electron chi connectivity index (χ2n) is 7.30. The summed E-state index contributed by atoms with van der Waals surface area (Å²) in [5.41, 5.74) is 0.212. The van der Waals surface area contributed by atoms with Crippen molar-refractivity contribution in [3.05, 3.63) is 53.6 Å². The van der Waals surface area contributed by atoms with Crippen LogP contribution in [0.15, 0.2) is 41.3 Å². The van der Waals surface area contributed by atoms with Crippen LogP contribution in [0.4, 0.5) is 14.5 Å². The summed E-state index contributed by atoms with van der Waals surface area (Å²) in [7, 11) is -3.80. The molecule has 0 aromatic heterocycles. The monoisotopic (exact) mass is 438 g/mol. The molecule has 0 unspecified atom stereocenters. The van der Waals surface area contributed by atoms with Gasteiger partial charge in [-0.3, -0.25) is 4.79 Å². The van der Waals surface area contributed by atoms with E-state index >= 15 is 0 Å². The number of carbonyl (C=O) groups excluding carboxylic acids is 1. The van der Waals surface area contributed by atoms with Gasteiger partial charge < -0.3 is 15.2 Å². The van der Waals surface area contributed by atoms with Crippen LogP contribution in [-0.4, -0.2) is 50.0 Å². The summed E-state index contributed by atoms with van der Waals surface area (Å²) in [4.78, 5) is 12.5. The Labute approximate surface area is 172 Å². The smallest absolute Gasteiger partial charge is 0.243 e. The molecule has 2 N–H and O–H groups in total. The maximum absolute atomic E-state index is 13.9. The average molecular weight is 438 g/mol. The Morgan fingerprint density at radius 2 is 1.87 bits per heavy atom. The average Bonchev–Trinajstić information content (AvgIpc) is 3.51. The van der Waals surface area contributed by atoms with Crippen LogP contribution < -0.4 is 5.32 Å². The third-order valence-corrected chi connectivity index (χ3v) is 7.22. The van der Waals surface area contributed by atoms with Gasteiger partial charge in [-0.2, -0.15) is 4.31 Å². The number of ether oxygens (including phenoxy) is 1. The number of benzene rings is 2. The van der Waals surface area contributed by atoms with E-state index in [0.29, 0.717) is 19.6 Å². The van der Waals surface area contributed by atoms with Crippen LogP contribution in [0.25, 0.3) is 0 Å². The fourth-order valence-corrected chi connectivity index (χ4v) is 5.00. The summed E-state index contributed by atoms with van der Waals surface area (Å²) in [6.07, 6.45) is 0.376. The van der Waals surface area contributed by atoms with Gasteiger partial charge in [0.15, 0.2) is 0 Å². The van der Waals surface area contributed by atoms with Crippen molar-refractivity contribution in [2.45, 2.75) is 17.2 Å². The van der Waals surface area contributed by atoms with Crippen molar-refractivity contribution in [3.63, 3.8) is 0 Å². The molecule has 1 saturated heterocycles. The molecular weight excluding hydrogens is 418 g/mol. The molecule has 2 atom stereocenters. The number of nitrogens with zero attached hydrogens (tertiary/aromatic N) is 1. The number of hydrogen-bond acceptors (Lipinski definition) is 5. The molecule has 2 aliphatic rings. The molecule has 30 heavy (non-hydrogen) atoms. The largest absolute Gasteiger partial charge is 0.506 e. The van der Waals surface area contributed by atoms with E-state index in [1.54, 1.807) is 0 Å². The maximum Gasteiger partial charge on any atom is 0.243 e. The van der Waals surface area contributed by atoms with Crippen molar-refractivity contribution >= 4 is 21.6 Å². The van der Waals surface area contributed by atoms with Gasteiger partial charge in [-0.05, 0) is 42.2 Å². The highest BCUT2D eigenvalue weighted by Crippen LogP contribution is 2.49. The highest BCUT2D eigenvalue weighted by Gasteiger charge is 2.45. The summed E-state index contributed by atoms with van der Waals surface area (Å²) in [6, 6.07) is 6.89. The number of aromatic hydroxyl groups is 1. The topological polar surface area (TPSA) is 95.9 Å². The summed E-state index contributed by atoms with van der Waals surface area (Å²) < 4.78 is 59.0.